The number of benzene rings is 3. The van der Waals surface area contributed by atoms with Crippen LogP contribution < -0.4 is 16.0 Å². The van der Waals surface area contributed by atoms with Gasteiger partial charge in [0.05, 0.1) is 17.8 Å². The van der Waals surface area contributed by atoms with Gasteiger partial charge in [0.1, 0.15) is 0 Å². The molecule has 3 aromatic carbocycles. The Balaban J connectivity index is 1.98. The van der Waals surface area contributed by atoms with Crippen molar-refractivity contribution >= 4 is 23.1 Å². The second kappa shape index (κ2) is 10.8. The number of carbonyl (C=O) groups excluding carboxylic acids is 1. The van der Waals surface area contributed by atoms with E-state index in [1.54, 1.807) is 0 Å². The number of anilines is 3. The molecular formula is C28H32F3N3O. The first-order chi connectivity index (χ1) is 16.5. The smallest absolute Gasteiger partial charge is 0.398 e. The minimum absolute atomic E-state index is 0.107. The van der Waals surface area contributed by atoms with Crippen molar-refractivity contribution in [3.63, 3.8) is 0 Å². The summed E-state index contributed by atoms with van der Waals surface area (Å²) >= 11 is 0. The largest absolute Gasteiger partial charge is 0.416 e. The predicted octanol–water partition coefficient (Wildman–Crippen LogP) is 7.77. The van der Waals surface area contributed by atoms with Gasteiger partial charge in [0.15, 0.2) is 0 Å². The molecule has 4 nitrogen and oxygen atoms in total. The highest BCUT2D eigenvalue weighted by atomic mass is 19.4. The van der Waals surface area contributed by atoms with Crippen molar-refractivity contribution in [1.82, 2.24) is 0 Å². The molecule has 0 fully saturated rings. The molecule has 0 aliphatic carbocycles. The zero-order valence-corrected chi connectivity index (χ0v) is 20.5. The van der Waals surface area contributed by atoms with Crippen LogP contribution in [0, 0.1) is 0 Å². The summed E-state index contributed by atoms with van der Waals surface area (Å²) in [7, 11) is 0. The van der Waals surface area contributed by atoms with Crippen LogP contribution in [0.25, 0.3) is 0 Å². The molecule has 0 radical (unpaired) electrons. The normalized spacial score (nSPS) is 11.5. The van der Waals surface area contributed by atoms with E-state index < -0.39 is 11.7 Å². The molecule has 3 N–H and O–H groups in total. The van der Waals surface area contributed by atoms with E-state index in [1.165, 1.54) is 17.0 Å². The molecule has 0 unspecified atom stereocenters. The first kappa shape index (κ1) is 26.1. The number of rotatable bonds is 7. The van der Waals surface area contributed by atoms with Crippen LogP contribution in [0.2, 0.25) is 0 Å². The molecule has 0 aromatic heterocycles. The molecule has 0 heterocycles. The first-order valence-corrected chi connectivity index (χ1v) is 11.8. The average Bonchev–Trinajstić information content (AvgIpc) is 2.82. The van der Waals surface area contributed by atoms with Gasteiger partial charge < -0.3 is 11.1 Å². The van der Waals surface area contributed by atoms with Crippen LogP contribution in [0.4, 0.5) is 35.0 Å². The number of aryl methyl sites for hydroxylation is 1. The van der Waals surface area contributed by atoms with Crippen LogP contribution in [0.15, 0.2) is 60.7 Å². The fourth-order valence-electron chi connectivity index (χ4n) is 4.02. The molecular weight excluding hydrogens is 451 g/mol. The molecule has 7 heteroatoms. The van der Waals surface area contributed by atoms with Gasteiger partial charge >= 0.3 is 12.2 Å². The zero-order valence-electron chi connectivity index (χ0n) is 20.5. The number of urea groups is 1. The van der Waals surface area contributed by atoms with Gasteiger partial charge in [0.25, 0.3) is 0 Å². The van der Waals surface area contributed by atoms with Crippen LogP contribution in [0.5, 0.6) is 0 Å². The third kappa shape index (κ3) is 6.15. The Bertz CT molecular complexity index is 1150. The SMILES string of the molecule is CCc1ccc(N)c(CC)c1NC(=O)N(Cc1ccc(C(F)(F)F)cc1)c1ccc(C(C)C)cc1. The fraction of sp³-hybridized carbons (Fsp3) is 0.321. The maximum Gasteiger partial charge on any atom is 0.416 e. The van der Waals surface area contributed by atoms with Gasteiger partial charge in [0, 0.05) is 11.4 Å². The summed E-state index contributed by atoms with van der Waals surface area (Å²) in [5, 5.41) is 3.04. The number of hydrogen-bond acceptors (Lipinski definition) is 2. The minimum atomic E-state index is -4.41. The highest BCUT2D eigenvalue weighted by Gasteiger charge is 2.30. The van der Waals surface area contributed by atoms with Gasteiger partial charge in [-0.1, -0.05) is 58.0 Å². The predicted molar refractivity (Wildman–Crippen MR) is 137 cm³/mol. The van der Waals surface area contributed by atoms with Crippen LogP contribution in [-0.2, 0) is 25.6 Å². The van der Waals surface area contributed by atoms with E-state index in [1.807, 2.05) is 50.2 Å². The molecule has 0 spiro atoms. The first-order valence-electron chi connectivity index (χ1n) is 11.8. The van der Waals surface area contributed by atoms with Gasteiger partial charge in [-0.25, -0.2) is 4.79 Å². The van der Waals surface area contributed by atoms with Crippen LogP contribution in [0.3, 0.4) is 0 Å². The molecule has 35 heavy (non-hydrogen) atoms. The van der Waals surface area contributed by atoms with Gasteiger partial charge in [-0.2, -0.15) is 13.2 Å². The second-order valence-electron chi connectivity index (χ2n) is 8.83. The van der Waals surface area contributed by atoms with E-state index in [4.69, 9.17) is 5.73 Å². The molecule has 0 saturated heterocycles. The number of halogens is 3. The maximum atomic E-state index is 13.6. The molecule has 0 saturated carbocycles. The topological polar surface area (TPSA) is 58.4 Å². The van der Waals surface area contributed by atoms with Gasteiger partial charge in [-0.05, 0) is 71.3 Å². The minimum Gasteiger partial charge on any atom is -0.398 e. The van der Waals surface area contributed by atoms with Crippen molar-refractivity contribution in [2.24, 2.45) is 0 Å². The Kier molecular flexibility index (Phi) is 8.10. The lowest BCUT2D eigenvalue weighted by molar-refractivity contribution is -0.137. The summed E-state index contributed by atoms with van der Waals surface area (Å²) in [6.07, 6.45) is -3.05. The number of hydrogen-bond donors (Lipinski definition) is 2. The molecule has 3 rings (SSSR count). The van der Waals surface area contributed by atoms with Gasteiger partial charge in [0.2, 0.25) is 0 Å². The Morgan fingerprint density at radius 1 is 0.943 bits per heavy atom. The zero-order chi connectivity index (χ0) is 25.8. The number of nitrogen functional groups attached to an aromatic ring is 1. The van der Waals surface area contributed by atoms with Crippen molar-refractivity contribution < 1.29 is 18.0 Å². The molecule has 0 aliphatic heterocycles. The van der Waals surface area contributed by atoms with Crippen LogP contribution in [-0.4, -0.2) is 6.03 Å². The Morgan fingerprint density at radius 3 is 2.09 bits per heavy atom. The van der Waals surface area contributed by atoms with E-state index >= 15 is 0 Å². The molecule has 0 aliphatic rings. The number of carbonyl (C=O) groups is 1. The quantitative estimate of drug-likeness (QED) is 0.337. The Morgan fingerprint density at radius 2 is 1.57 bits per heavy atom. The van der Waals surface area contributed by atoms with Crippen molar-refractivity contribution in [2.75, 3.05) is 16.0 Å². The van der Waals surface area contributed by atoms with Crippen molar-refractivity contribution in [1.29, 1.82) is 0 Å². The van der Waals surface area contributed by atoms with Gasteiger partial charge in [-0.15, -0.1) is 0 Å². The van der Waals surface area contributed by atoms with E-state index in [0.717, 1.165) is 28.8 Å². The molecule has 3 aromatic rings. The number of nitrogens with one attached hydrogen (secondary N) is 1. The molecule has 186 valence electrons. The maximum absolute atomic E-state index is 13.6. The summed E-state index contributed by atoms with van der Waals surface area (Å²) in [4.78, 5) is 15.1. The molecule has 2 amide bonds. The van der Waals surface area contributed by atoms with E-state index in [0.29, 0.717) is 41.4 Å². The number of nitrogens with two attached hydrogens (primary N) is 1. The summed E-state index contributed by atoms with van der Waals surface area (Å²) in [5.41, 5.74) is 10.9. The molecule has 0 atom stereocenters. The van der Waals surface area contributed by atoms with E-state index in [-0.39, 0.29) is 12.6 Å². The second-order valence-corrected chi connectivity index (χ2v) is 8.83. The van der Waals surface area contributed by atoms with Crippen molar-refractivity contribution in [3.8, 4) is 0 Å². The standard InChI is InChI=1S/C28H32F3N3O/c1-5-20-11-16-25(32)24(6-2)26(20)33-27(35)34(23-14-9-21(10-15-23)18(3)4)17-19-7-12-22(13-8-19)28(29,30)31/h7-16,18H,5-6,17,32H2,1-4H3,(H,33,35). The summed E-state index contributed by atoms with van der Waals surface area (Å²) in [6, 6.07) is 15.9. The average molecular weight is 484 g/mol. The highest BCUT2D eigenvalue weighted by molar-refractivity contribution is 6.03. The van der Waals surface area contributed by atoms with Crippen molar-refractivity contribution in [2.45, 2.75) is 59.2 Å². The third-order valence-electron chi connectivity index (χ3n) is 6.14. The highest BCUT2D eigenvalue weighted by Crippen LogP contribution is 2.31. The lowest BCUT2D eigenvalue weighted by Gasteiger charge is -2.26. The van der Waals surface area contributed by atoms with Crippen molar-refractivity contribution in [3.05, 3.63) is 88.5 Å². The summed E-state index contributed by atoms with van der Waals surface area (Å²) < 4.78 is 39.0. The number of alkyl halides is 3. The fourth-order valence-corrected chi connectivity index (χ4v) is 4.02. The summed E-state index contributed by atoms with van der Waals surface area (Å²) in [6.45, 7) is 8.26. The molecule has 0 bridgehead atoms. The van der Waals surface area contributed by atoms with Gasteiger partial charge in [-0.3, -0.25) is 4.90 Å². The van der Waals surface area contributed by atoms with E-state index in [9.17, 15) is 18.0 Å². The number of amides is 2. The van der Waals surface area contributed by atoms with Crippen LogP contribution in [0.1, 0.15) is 61.4 Å². The lowest BCUT2D eigenvalue weighted by Crippen LogP contribution is -2.35. The lowest BCUT2D eigenvalue weighted by atomic mass is 10.0. The summed E-state index contributed by atoms with van der Waals surface area (Å²) in [5.74, 6) is 0.327. The third-order valence-corrected chi connectivity index (χ3v) is 6.14. The monoisotopic (exact) mass is 483 g/mol. The van der Waals surface area contributed by atoms with E-state index in [2.05, 4.69) is 19.2 Å². The van der Waals surface area contributed by atoms with Crippen LogP contribution >= 0.6 is 0 Å². The Hall–Kier alpha value is -3.48. The Labute approximate surface area is 205 Å². The number of nitrogens with zero attached hydrogens (tertiary/aromatic N) is 1.